The Balaban J connectivity index is 1.72. The summed E-state index contributed by atoms with van der Waals surface area (Å²) in [6, 6.07) is 28.0. The molecule has 30 heavy (non-hydrogen) atoms. The Kier molecular flexibility index (Phi) is 4.29. The van der Waals surface area contributed by atoms with Gasteiger partial charge in [-0.25, -0.2) is 0 Å². The van der Waals surface area contributed by atoms with Crippen LogP contribution in [-0.2, 0) is 5.41 Å². The van der Waals surface area contributed by atoms with Crippen LogP contribution in [-0.4, -0.2) is 6.21 Å². The maximum Gasteiger partial charge on any atom is 0.0970 e. The molecule has 0 amide bonds. The van der Waals surface area contributed by atoms with Crippen LogP contribution in [0.3, 0.4) is 0 Å². The van der Waals surface area contributed by atoms with Gasteiger partial charge in [0.2, 0.25) is 0 Å². The smallest absolute Gasteiger partial charge is 0.0970 e. The van der Waals surface area contributed by atoms with Gasteiger partial charge in [0.05, 0.1) is 28.7 Å². The highest BCUT2D eigenvalue weighted by Crippen LogP contribution is 2.51. The number of hydrogen-bond acceptors (Lipinski definition) is 3. The molecule has 2 heterocycles. The van der Waals surface area contributed by atoms with Crippen LogP contribution in [0.1, 0.15) is 43.4 Å². The van der Waals surface area contributed by atoms with Crippen molar-refractivity contribution >= 4 is 29.0 Å². The fourth-order valence-electron chi connectivity index (χ4n) is 4.66. The van der Waals surface area contributed by atoms with E-state index in [0.29, 0.717) is 0 Å². The molecule has 0 unspecified atom stereocenters. The maximum atomic E-state index is 9.57. The first-order valence-electron chi connectivity index (χ1n) is 10.4. The zero-order valence-corrected chi connectivity index (χ0v) is 17.3. The van der Waals surface area contributed by atoms with Gasteiger partial charge >= 0.3 is 0 Å². The van der Waals surface area contributed by atoms with Crippen LogP contribution < -0.4 is 4.90 Å². The molecule has 3 aromatic carbocycles. The molecule has 2 aliphatic heterocycles. The standard InChI is InChI=1S/C27H23N3/c1-27(2)22-12-3-5-14-24(22)30(25-15-6-4-13-23(25)27)21-11-7-9-19(17-21)26-20(18-28)10-8-16-29-26/h3-7,9,11-17H,8,10H2,1-2H3. The second kappa shape index (κ2) is 7.00. The summed E-state index contributed by atoms with van der Waals surface area (Å²) in [7, 11) is 0. The molecule has 0 atom stereocenters. The van der Waals surface area contributed by atoms with E-state index in [1.165, 1.54) is 22.5 Å². The van der Waals surface area contributed by atoms with E-state index in [1.54, 1.807) is 0 Å². The van der Waals surface area contributed by atoms with E-state index < -0.39 is 0 Å². The van der Waals surface area contributed by atoms with E-state index in [4.69, 9.17) is 0 Å². The van der Waals surface area contributed by atoms with Crippen LogP contribution in [0.15, 0.2) is 83.4 Å². The third kappa shape index (κ3) is 2.76. The average molecular weight is 390 g/mol. The maximum absolute atomic E-state index is 9.57. The van der Waals surface area contributed by atoms with Crippen molar-refractivity contribution in [1.29, 1.82) is 5.26 Å². The second-order valence-corrected chi connectivity index (χ2v) is 8.33. The summed E-state index contributed by atoms with van der Waals surface area (Å²) < 4.78 is 0. The van der Waals surface area contributed by atoms with Crippen molar-refractivity contribution in [1.82, 2.24) is 0 Å². The number of anilines is 3. The predicted molar refractivity (Wildman–Crippen MR) is 124 cm³/mol. The summed E-state index contributed by atoms with van der Waals surface area (Å²) in [5.74, 6) is 0. The van der Waals surface area contributed by atoms with Crippen LogP contribution in [0.25, 0.3) is 5.70 Å². The lowest BCUT2D eigenvalue weighted by molar-refractivity contribution is 0.632. The lowest BCUT2D eigenvalue weighted by Gasteiger charge is -2.42. The van der Waals surface area contributed by atoms with E-state index in [9.17, 15) is 5.26 Å². The van der Waals surface area contributed by atoms with Crippen molar-refractivity contribution in [2.45, 2.75) is 32.1 Å². The van der Waals surface area contributed by atoms with Crippen molar-refractivity contribution in [2.75, 3.05) is 4.90 Å². The molecule has 3 heteroatoms. The van der Waals surface area contributed by atoms with Crippen LogP contribution in [0.5, 0.6) is 0 Å². The Morgan fingerprint density at radius 2 is 1.57 bits per heavy atom. The monoisotopic (exact) mass is 389 g/mol. The van der Waals surface area contributed by atoms with Gasteiger partial charge in [0.25, 0.3) is 0 Å². The number of rotatable bonds is 2. The average Bonchev–Trinajstić information content (AvgIpc) is 2.79. The Morgan fingerprint density at radius 1 is 0.900 bits per heavy atom. The van der Waals surface area contributed by atoms with Gasteiger partial charge in [-0.05, 0) is 48.2 Å². The van der Waals surface area contributed by atoms with Gasteiger partial charge in [-0.1, -0.05) is 62.4 Å². The summed E-state index contributed by atoms with van der Waals surface area (Å²) in [4.78, 5) is 6.90. The van der Waals surface area contributed by atoms with Crippen molar-refractivity contribution in [2.24, 2.45) is 4.99 Å². The molecule has 0 N–H and O–H groups in total. The van der Waals surface area contributed by atoms with Crippen molar-refractivity contribution in [3.63, 3.8) is 0 Å². The summed E-state index contributed by atoms with van der Waals surface area (Å²) in [6.07, 6.45) is 3.49. The van der Waals surface area contributed by atoms with Crippen LogP contribution in [0.2, 0.25) is 0 Å². The van der Waals surface area contributed by atoms with Crippen molar-refractivity contribution < 1.29 is 0 Å². The first-order valence-corrected chi connectivity index (χ1v) is 10.4. The summed E-state index contributed by atoms with van der Waals surface area (Å²) in [5, 5.41) is 9.57. The minimum Gasteiger partial charge on any atom is -0.310 e. The number of nitriles is 1. The van der Waals surface area contributed by atoms with E-state index in [1.807, 2.05) is 12.3 Å². The molecule has 0 aromatic heterocycles. The number of aliphatic imine (C=N–C) groups is 1. The van der Waals surface area contributed by atoms with Gasteiger partial charge in [0, 0.05) is 22.9 Å². The van der Waals surface area contributed by atoms with Crippen LogP contribution >= 0.6 is 0 Å². The highest BCUT2D eigenvalue weighted by atomic mass is 15.2. The number of hydrogen-bond donors (Lipinski definition) is 0. The largest absolute Gasteiger partial charge is 0.310 e. The molecule has 5 rings (SSSR count). The molecule has 0 fully saturated rings. The lowest BCUT2D eigenvalue weighted by Crippen LogP contribution is -2.30. The van der Waals surface area contributed by atoms with Gasteiger partial charge in [-0.15, -0.1) is 0 Å². The highest BCUT2D eigenvalue weighted by molar-refractivity contribution is 5.88. The number of benzene rings is 3. The Labute approximate surface area is 177 Å². The quantitative estimate of drug-likeness (QED) is 0.478. The molecule has 0 saturated heterocycles. The topological polar surface area (TPSA) is 39.4 Å². The van der Waals surface area contributed by atoms with Gasteiger partial charge in [-0.2, -0.15) is 5.26 Å². The minimum absolute atomic E-state index is 0.0779. The van der Waals surface area contributed by atoms with E-state index in [-0.39, 0.29) is 5.41 Å². The van der Waals surface area contributed by atoms with Gasteiger partial charge in [0.1, 0.15) is 0 Å². The van der Waals surface area contributed by atoms with Crippen LogP contribution in [0, 0.1) is 11.3 Å². The van der Waals surface area contributed by atoms with Crippen molar-refractivity contribution in [3.05, 3.63) is 95.1 Å². The predicted octanol–water partition coefficient (Wildman–Crippen LogP) is 6.89. The molecule has 0 spiro atoms. The fraction of sp³-hybridized carbons (Fsp3) is 0.185. The van der Waals surface area contributed by atoms with Crippen LogP contribution in [0.4, 0.5) is 17.1 Å². The summed E-state index contributed by atoms with van der Waals surface area (Å²) in [6.45, 7) is 4.58. The molecule has 0 saturated carbocycles. The Morgan fingerprint density at radius 3 is 2.23 bits per heavy atom. The summed E-state index contributed by atoms with van der Waals surface area (Å²) >= 11 is 0. The highest BCUT2D eigenvalue weighted by Gasteiger charge is 2.36. The van der Waals surface area contributed by atoms with Crippen molar-refractivity contribution in [3.8, 4) is 6.07 Å². The number of allylic oxidation sites excluding steroid dienone is 1. The van der Waals surface area contributed by atoms with E-state index in [0.717, 1.165) is 35.4 Å². The van der Waals surface area contributed by atoms with E-state index in [2.05, 4.69) is 96.5 Å². The molecule has 3 nitrogen and oxygen atoms in total. The molecule has 0 radical (unpaired) electrons. The lowest BCUT2D eigenvalue weighted by atomic mass is 9.73. The Bertz CT molecular complexity index is 1190. The SMILES string of the molecule is CC1(C)c2ccccc2N(c2cccc(C3=C(C#N)CCC=N3)c2)c2ccccc21. The zero-order valence-electron chi connectivity index (χ0n) is 17.3. The normalized spacial score (nSPS) is 16.6. The van der Waals surface area contributed by atoms with Gasteiger partial charge in [-0.3, -0.25) is 4.99 Å². The van der Waals surface area contributed by atoms with Gasteiger partial charge in [0.15, 0.2) is 0 Å². The number of fused-ring (bicyclic) bond motifs is 2. The number of nitrogens with zero attached hydrogens (tertiary/aromatic N) is 3. The van der Waals surface area contributed by atoms with E-state index >= 15 is 0 Å². The molecule has 146 valence electrons. The third-order valence-corrected chi connectivity index (χ3v) is 6.18. The number of para-hydroxylation sites is 2. The molecule has 3 aromatic rings. The second-order valence-electron chi connectivity index (χ2n) is 8.33. The van der Waals surface area contributed by atoms with Gasteiger partial charge < -0.3 is 4.90 Å². The third-order valence-electron chi connectivity index (χ3n) is 6.18. The fourth-order valence-corrected chi connectivity index (χ4v) is 4.66. The first-order chi connectivity index (χ1) is 14.6. The Hall–Kier alpha value is -3.64. The summed E-state index contributed by atoms with van der Waals surface area (Å²) in [5.41, 5.74) is 8.54. The molecule has 0 bridgehead atoms. The zero-order chi connectivity index (χ0) is 20.7. The molecular formula is C27H23N3. The first kappa shape index (κ1) is 18.4. The molecular weight excluding hydrogens is 366 g/mol. The molecule has 2 aliphatic rings. The minimum atomic E-state index is -0.0779. The molecule has 0 aliphatic carbocycles.